The first kappa shape index (κ1) is 23.0. The van der Waals surface area contributed by atoms with Crippen LogP contribution in [0.15, 0.2) is 72.8 Å². The molecule has 0 spiro atoms. The van der Waals surface area contributed by atoms with Gasteiger partial charge in [0.05, 0.1) is 16.8 Å². The monoisotopic (exact) mass is 459 g/mol. The maximum Gasteiger partial charge on any atom is 0.337 e. The lowest BCUT2D eigenvalue weighted by molar-refractivity contribution is -0.160. The van der Waals surface area contributed by atoms with Crippen molar-refractivity contribution in [2.45, 2.75) is 39.4 Å². The van der Waals surface area contributed by atoms with Gasteiger partial charge in [-0.15, -0.1) is 0 Å². The molecule has 0 saturated carbocycles. The van der Waals surface area contributed by atoms with Gasteiger partial charge in [0, 0.05) is 21.5 Å². The summed E-state index contributed by atoms with van der Waals surface area (Å²) in [6, 6.07) is 23.3. The van der Waals surface area contributed by atoms with E-state index in [2.05, 4.69) is 0 Å². The second-order valence-corrected chi connectivity index (χ2v) is 9.50. The maximum atomic E-state index is 12.4. The lowest BCUT2D eigenvalue weighted by Crippen LogP contribution is -2.28. The molecule has 33 heavy (non-hydrogen) atoms. The van der Waals surface area contributed by atoms with Crippen molar-refractivity contribution in [3.63, 3.8) is 0 Å². The third-order valence-electron chi connectivity index (χ3n) is 5.40. The molecule has 4 nitrogen and oxygen atoms in total. The van der Waals surface area contributed by atoms with Crippen LogP contribution >= 0.6 is 11.6 Å². The number of aromatic nitrogens is 1. The van der Waals surface area contributed by atoms with Crippen LogP contribution in [-0.4, -0.2) is 21.7 Å². The Hall–Kier alpha value is -3.21. The second kappa shape index (κ2) is 8.97. The molecule has 0 amide bonds. The van der Waals surface area contributed by atoms with Crippen LogP contribution in [0, 0.1) is 6.92 Å². The van der Waals surface area contributed by atoms with E-state index in [0.29, 0.717) is 10.6 Å². The number of carboxylic acid groups (broad SMARTS) is 1. The van der Waals surface area contributed by atoms with E-state index in [0.717, 1.165) is 38.9 Å². The van der Waals surface area contributed by atoms with Crippen molar-refractivity contribution in [2.24, 2.45) is 0 Å². The van der Waals surface area contributed by atoms with Crippen LogP contribution in [0.1, 0.15) is 38.0 Å². The average Bonchev–Trinajstić information content (AvgIpc) is 2.77. The van der Waals surface area contributed by atoms with Crippen molar-refractivity contribution in [3.8, 4) is 22.4 Å². The summed E-state index contributed by atoms with van der Waals surface area (Å²) in [5, 5.41) is 11.6. The van der Waals surface area contributed by atoms with Crippen LogP contribution in [0.4, 0.5) is 0 Å². The lowest BCUT2D eigenvalue weighted by Gasteiger charge is -2.28. The zero-order chi connectivity index (χ0) is 23.8. The molecule has 4 aromatic rings. The first-order valence-corrected chi connectivity index (χ1v) is 11.2. The van der Waals surface area contributed by atoms with Crippen molar-refractivity contribution in [1.82, 2.24) is 4.98 Å². The minimum absolute atomic E-state index is 0.613. The molecule has 0 radical (unpaired) electrons. The summed E-state index contributed by atoms with van der Waals surface area (Å²) in [7, 11) is 0. The van der Waals surface area contributed by atoms with Crippen molar-refractivity contribution in [3.05, 3.63) is 88.9 Å². The Labute approximate surface area is 198 Å². The summed E-state index contributed by atoms with van der Waals surface area (Å²) in [6.45, 7) is 7.48. The van der Waals surface area contributed by atoms with Gasteiger partial charge in [0.15, 0.2) is 6.10 Å². The van der Waals surface area contributed by atoms with Gasteiger partial charge >= 0.3 is 5.97 Å². The molecule has 4 rings (SSSR count). The number of hydrogen-bond acceptors (Lipinski definition) is 3. The van der Waals surface area contributed by atoms with Gasteiger partial charge < -0.3 is 9.84 Å². The molecule has 1 heterocycles. The van der Waals surface area contributed by atoms with E-state index in [4.69, 9.17) is 21.3 Å². The van der Waals surface area contributed by atoms with E-state index in [1.54, 1.807) is 12.1 Å². The predicted octanol–water partition coefficient (Wildman–Crippen LogP) is 7.47. The Morgan fingerprint density at radius 3 is 2.24 bits per heavy atom. The highest BCUT2D eigenvalue weighted by Crippen LogP contribution is 2.41. The largest absolute Gasteiger partial charge is 0.479 e. The average molecular weight is 460 g/mol. The standard InChI is InChI=1S/C28H26ClNO3/c1-17-16-23-21(14-15-22(30-23)18-8-6-5-7-9-18)25(19-10-12-20(29)13-11-19)24(17)26(27(31)32)33-28(2,3)4/h5-16,26H,1-4H3,(H,31,32)/t26-/m0/s1. The minimum atomic E-state index is -1.13. The predicted molar refractivity (Wildman–Crippen MR) is 134 cm³/mol. The number of ether oxygens (including phenoxy) is 1. The molecular formula is C28H26ClNO3. The van der Waals surface area contributed by atoms with Crippen LogP contribution in [0.25, 0.3) is 33.3 Å². The molecular weight excluding hydrogens is 434 g/mol. The summed E-state index contributed by atoms with van der Waals surface area (Å²) in [4.78, 5) is 17.3. The Morgan fingerprint density at radius 2 is 1.64 bits per heavy atom. The Bertz CT molecular complexity index is 1310. The number of halogens is 1. The number of benzene rings is 3. The first-order chi connectivity index (χ1) is 15.6. The summed E-state index contributed by atoms with van der Waals surface area (Å²) in [5.74, 6) is -1.03. The van der Waals surface area contributed by atoms with Crippen molar-refractivity contribution < 1.29 is 14.6 Å². The highest BCUT2D eigenvalue weighted by Gasteiger charge is 2.31. The van der Waals surface area contributed by atoms with Gasteiger partial charge in [-0.1, -0.05) is 60.1 Å². The van der Waals surface area contributed by atoms with Crippen LogP contribution < -0.4 is 0 Å². The van der Waals surface area contributed by atoms with Gasteiger partial charge in [0.25, 0.3) is 0 Å². The molecule has 0 unspecified atom stereocenters. The molecule has 1 atom stereocenters. The van der Waals surface area contributed by atoms with Gasteiger partial charge in [0.1, 0.15) is 0 Å². The van der Waals surface area contributed by atoms with E-state index >= 15 is 0 Å². The Kier molecular flexibility index (Phi) is 6.24. The summed E-state index contributed by atoms with van der Waals surface area (Å²) >= 11 is 6.15. The molecule has 0 aliphatic rings. The molecule has 3 aromatic carbocycles. The first-order valence-electron chi connectivity index (χ1n) is 10.8. The summed E-state index contributed by atoms with van der Waals surface area (Å²) < 4.78 is 6.05. The van der Waals surface area contributed by atoms with Crippen molar-refractivity contribution in [1.29, 1.82) is 0 Å². The number of carboxylic acids is 1. The van der Waals surface area contributed by atoms with Gasteiger partial charge in [-0.2, -0.15) is 0 Å². The highest BCUT2D eigenvalue weighted by atomic mass is 35.5. The van der Waals surface area contributed by atoms with Crippen LogP contribution in [0.5, 0.6) is 0 Å². The normalized spacial score (nSPS) is 12.6. The lowest BCUT2D eigenvalue weighted by atomic mass is 9.88. The zero-order valence-electron chi connectivity index (χ0n) is 19.1. The number of fused-ring (bicyclic) bond motifs is 1. The van der Waals surface area contributed by atoms with Crippen LogP contribution in [0.3, 0.4) is 0 Å². The van der Waals surface area contributed by atoms with Crippen LogP contribution in [0.2, 0.25) is 5.02 Å². The third kappa shape index (κ3) is 4.92. The van der Waals surface area contributed by atoms with E-state index in [1.807, 2.05) is 88.4 Å². The smallest absolute Gasteiger partial charge is 0.337 e. The molecule has 1 N–H and O–H groups in total. The molecule has 0 saturated heterocycles. The minimum Gasteiger partial charge on any atom is -0.479 e. The van der Waals surface area contributed by atoms with Crippen molar-refractivity contribution >= 4 is 28.5 Å². The van der Waals surface area contributed by atoms with Gasteiger partial charge in [-0.25, -0.2) is 9.78 Å². The quantitative estimate of drug-likeness (QED) is 0.336. The maximum absolute atomic E-state index is 12.4. The fraction of sp³-hybridized carbons (Fsp3) is 0.214. The SMILES string of the molecule is Cc1cc2nc(-c3ccccc3)ccc2c(-c2ccc(Cl)cc2)c1[C@H](OC(C)(C)C)C(=O)O. The Morgan fingerprint density at radius 1 is 0.970 bits per heavy atom. The molecule has 0 aliphatic heterocycles. The number of nitrogens with zero attached hydrogens (tertiary/aromatic N) is 1. The number of carbonyl (C=O) groups is 1. The molecule has 5 heteroatoms. The van der Waals surface area contributed by atoms with Gasteiger partial charge in [0.2, 0.25) is 0 Å². The highest BCUT2D eigenvalue weighted by molar-refractivity contribution is 6.30. The molecule has 0 aliphatic carbocycles. The topological polar surface area (TPSA) is 59.4 Å². The summed E-state index contributed by atoms with van der Waals surface area (Å²) in [5.41, 5.74) is 5.13. The Balaban J connectivity index is 2.02. The number of pyridine rings is 1. The van der Waals surface area contributed by atoms with Gasteiger partial charge in [-0.3, -0.25) is 0 Å². The fourth-order valence-corrected chi connectivity index (χ4v) is 4.17. The number of aryl methyl sites for hydroxylation is 1. The molecule has 0 bridgehead atoms. The molecule has 1 aromatic heterocycles. The number of hydrogen-bond donors (Lipinski definition) is 1. The van der Waals surface area contributed by atoms with E-state index < -0.39 is 17.7 Å². The molecule has 0 fully saturated rings. The summed E-state index contributed by atoms with van der Waals surface area (Å²) in [6.07, 6.45) is -1.13. The van der Waals surface area contributed by atoms with Gasteiger partial charge in [-0.05, 0) is 68.7 Å². The van der Waals surface area contributed by atoms with Crippen LogP contribution in [-0.2, 0) is 9.53 Å². The fourth-order valence-electron chi connectivity index (χ4n) is 4.04. The molecule has 168 valence electrons. The van der Waals surface area contributed by atoms with E-state index in [1.165, 1.54) is 0 Å². The third-order valence-corrected chi connectivity index (χ3v) is 5.65. The van der Waals surface area contributed by atoms with Crippen molar-refractivity contribution in [2.75, 3.05) is 0 Å². The van der Waals surface area contributed by atoms with E-state index in [-0.39, 0.29) is 0 Å². The number of aliphatic carboxylic acids is 1. The second-order valence-electron chi connectivity index (χ2n) is 9.07. The zero-order valence-corrected chi connectivity index (χ0v) is 19.9. The number of rotatable bonds is 5. The van der Waals surface area contributed by atoms with E-state index in [9.17, 15) is 9.90 Å².